The minimum absolute atomic E-state index is 0.0513. The molecule has 0 aliphatic carbocycles. The van der Waals surface area contributed by atoms with Gasteiger partial charge >= 0.3 is 0 Å². The van der Waals surface area contributed by atoms with E-state index >= 15 is 0 Å². The first-order chi connectivity index (χ1) is 10.3. The molecule has 1 aromatic rings. The van der Waals surface area contributed by atoms with Crippen molar-refractivity contribution in [2.75, 3.05) is 23.7 Å². The first-order valence-corrected chi connectivity index (χ1v) is 7.05. The largest absolute Gasteiger partial charge is 0.332 e. The lowest BCUT2D eigenvalue weighted by Crippen LogP contribution is -2.45. The fraction of sp³-hybridized carbons (Fsp3) is 0.400. The lowest BCUT2D eigenvalue weighted by molar-refractivity contribution is -0.135. The summed E-state index contributed by atoms with van der Waals surface area (Å²) in [5.41, 5.74) is 6.77. The van der Waals surface area contributed by atoms with Crippen LogP contribution in [0.3, 0.4) is 0 Å². The molecule has 1 aromatic carbocycles. The van der Waals surface area contributed by atoms with E-state index in [0.29, 0.717) is 17.9 Å². The zero-order valence-corrected chi connectivity index (χ0v) is 13.1. The van der Waals surface area contributed by atoms with Crippen LogP contribution in [0.5, 0.6) is 0 Å². The number of nitrogens with zero attached hydrogens (tertiary/aromatic N) is 1. The predicted octanol–water partition coefficient (Wildman–Crippen LogP) is 0.779. The van der Waals surface area contributed by atoms with E-state index < -0.39 is 6.04 Å². The second kappa shape index (κ2) is 8.14. The van der Waals surface area contributed by atoms with Crippen LogP contribution in [0.25, 0.3) is 0 Å². The molecule has 0 spiro atoms. The van der Waals surface area contributed by atoms with Gasteiger partial charge in [0.15, 0.2) is 0 Å². The molecule has 0 fully saturated rings. The molecule has 1 atom stereocenters. The number of carbonyl (C=O) groups is 3. The molecule has 0 saturated heterocycles. The van der Waals surface area contributed by atoms with Gasteiger partial charge in [-0.3, -0.25) is 14.4 Å². The molecule has 0 saturated carbocycles. The normalized spacial score (nSPS) is 11.5. The van der Waals surface area contributed by atoms with Gasteiger partial charge in [0.25, 0.3) is 0 Å². The van der Waals surface area contributed by atoms with Gasteiger partial charge in [-0.2, -0.15) is 0 Å². The van der Waals surface area contributed by atoms with Crippen molar-refractivity contribution in [3.05, 3.63) is 24.3 Å². The van der Waals surface area contributed by atoms with Gasteiger partial charge < -0.3 is 21.3 Å². The maximum absolute atomic E-state index is 12.0. The van der Waals surface area contributed by atoms with Crippen molar-refractivity contribution in [2.45, 2.75) is 26.8 Å². The van der Waals surface area contributed by atoms with Gasteiger partial charge in [-0.05, 0) is 38.1 Å². The number of hydrogen-bond acceptors (Lipinski definition) is 4. The third-order valence-electron chi connectivity index (χ3n) is 2.91. The van der Waals surface area contributed by atoms with Crippen molar-refractivity contribution < 1.29 is 14.4 Å². The Morgan fingerprint density at radius 2 is 1.64 bits per heavy atom. The third kappa shape index (κ3) is 5.53. The SMILES string of the molecule is CCN(CC(=O)Nc1ccc(NC(C)=O)cc1)C(=O)C(C)N. The third-order valence-corrected chi connectivity index (χ3v) is 2.91. The molecule has 120 valence electrons. The summed E-state index contributed by atoms with van der Waals surface area (Å²) < 4.78 is 0. The van der Waals surface area contributed by atoms with Crippen molar-refractivity contribution >= 4 is 29.1 Å². The minimum atomic E-state index is -0.635. The van der Waals surface area contributed by atoms with Gasteiger partial charge in [0, 0.05) is 24.8 Å². The summed E-state index contributed by atoms with van der Waals surface area (Å²) in [6.45, 7) is 5.16. The number of rotatable bonds is 6. The van der Waals surface area contributed by atoms with Crippen molar-refractivity contribution in [3.8, 4) is 0 Å². The van der Waals surface area contributed by atoms with E-state index in [2.05, 4.69) is 10.6 Å². The first kappa shape index (κ1) is 17.6. The smallest absolute Gasteiger partial charge is 0.243 e. The Morgan fingerprint density at radius 1 is 1.14 bits per heavy atom. The molecule has 0 aliphatic rings. The molecular weight excluding hydrogens is 284 g/mol. The predicted molar refractivity (Wildman–Crippen MR) is 85.3 cm³/mol. The van der Waals surface area contributed by atoms with Crippen LogP contribution in [0.2, 0.25) is 0 Å². The number of anilines is 2. The number of amides is 3. The highest BCUT2D eigenvalue weighted by atomic mass is 16.2. The Bertz CT molecular complexity index is 540. The summed E-state index contributed by atoms with van der Waals surface area (Å²) in [5.74, 6) is -0.730. The van der Waals surface area contributed by atoms with Crippen LogP contribution in [0.1, 0.15) is 20.8 Å². The zero-order valence-electron chi connectivity index (χ0n) is 13.1. The Labute approximate surface area is 129 Å². The lowest BCUT2D eigenvalue weighted by atomic mass is 10.2. The number of nitrogens with one attached hydrogen (secondary N) is 2. The average Bonchev–Trinajstić information content (AvgIpc) is 2.45. The fourth-order valence-corrected chi connectivity index (χ4v) is 1.85. The summed E-state index contributed by atoms with van der Waals surface area (Å²) >= 11 is 0. The van der Waals surface area contributed by atoms with Gasteiger partial charge in [-0.15, -0.1) is 0 Å². The highest BCUT2D eigenvalue weighted by Gasteiger charge is 2.18. The number of hydrogen-bond donors (Lipinski definition) is 3. The number of benzene rings is 1. The fourth-order valence-electron chi connectivity index (χ4n) is 1.85. The van der Waals surface area contributed by atoms with Crippen molar-refractivity contribution in [2.24, 2.45) is 5.73 Å². The molecule has 3 amide bonds. The Balaban J connectivity index is 2.60. The minimum Gasteiger partial charge on any atom is -0.332 e. The highest BCUT2D eigenvalue weighted by Crippen LogP contribution is 2.13. The first-order valence-electron chi connectivity index (χ1n) is 7.05. The van der Waals surface area contributed by atoms with Gasteiger partial charge in [0.05, 0.1) is 12.6 Å². The summed E-state index contributed by atoms with van der Waals surface area (Å²) in [5, 5.41) is 5.33. The average molecular weight is 306 g/mol. The molecule has 0 bridgehead atoms. The summed E-state index contributed by atoms with van der Waals surface area (Å²) in [7, 11) is 0. The zero-order chi connectivity index (χ0) is 16.7. The molecule has 22 heavy (non-hydrogen) atoms. The highest BCUT2D eigenvalue weighted by molar-refractivity contribution is 5.95. The molecule has 0 heterocycles. The number of likely N-dealkylation sites (N-methyl/N-ethyl adjacent to an activating group) is 1. The van der Waals surface area contributed by atoms with Crippen molar-refractivity contribution in [3.63, 3.8) is 0 Å². The molecule has 0 radical (unpaired) electrons. The molecular formula is C15H22N4O3. The lowest BCUT2D eigenvalue weighted by Gasteiger charge is -2.22. The van der Waals surface area contributed by atoms with Crippen LogP contribution in [-0.2, 0) is 14.4 Å². The van der Waals surface area contributed by atoms with E-state index in [9.17, 15) is 14.4 Å². The van der Waals surface area contributed by atoms with E-state index in [1.165, 1.54) is 11.8 Å². The van der Waals surface area contributed by atoms with Gasteiger partial charge in [0.2, 0.25) is 17.7 Å². The van der Waals surface area contributed by atoms with E-state index in [1.807, 2.05) is 0 Å². The van der Waals surface area contributed by atoms with Crippen molar-refractivity contribution in [1.29, 1.82) is 0 Å². The topological polar surface area (TPSA) is 105 Å². The second-order valence-electron chi connectivity index (χ2n) is 4.95. The van der Waals surface area contributed by atoms with Crippen LogP contribution in [0, 0.1) is 0 Å². The van der Waals surface area contributed by atoms with Gasteiger partial charge in [-0.25, -0.2) is 0 Å². The van der Waals surface area contributed by atoms with Crippen LogP contribution in [-0.4, -0.2) is 41.8 Å². The summed E-state index contributed by atoms with van der Waals surface area (Å²) in [6, 6.07) is 6.08. The maximum atomic E-state index is 12.0. The number of nitrogens with two attached hydrogens (primary N) is 1. The number of carbonyl (C=O) groups excluding carboxylic acids is 3. The van der Waals surface area contributed by atoms with E-state index in [4.69, 9.17) is 5.73 Å². The van der Waals surface area contributed by atoms with Crippen LogP contribution < -0.4 is 16.4 Å². The Kier molecular flexibility index (Phi) is 6.52. The summed E-state index contributed by atoms with van der Waals surface area (Å²) in [4.78, 5) is 36.1. The molecule has 7 heteroatoms. The molecule has 1 unspecified atom stereocenters. The van der Waals surface area contributed by atoms with Crippen LogP contribution >= 0.6 is 0 Å². The van der Waals surface area contributed by atoms with Crippen LogP contribution in [0.15, 0.2) is 24.3 Å². The Hall–Kier alpha value is -2.41. The molecule has 0 aliphatic heterocycles. The van der Waals surface area contributed by atoms with E-state index in [-0.39, 0.29) is 24.3 Å². The van der Waals surface area contributed by atoms with Crippen LogP contribution in [0.4, 0.5) is 11.4 Å². The summed E-state index contributed by atoms with van der Waals surface area (Å²) in [6.07, 6.45) is 0. The second-order valence-corrected chi connectivity index (χ2v) is 4.95. The Morgan fingerprint density at radius 3 is 2.05 bits per heavy atom. The maximum Gasteiger partial charge on any atom is 0.243 e. The van der Waals surface area contributed by atoms with Gasteiger partial charge in [0.1, 0.15) is 0 Å². The molecule has 1 rings (SSSR count). The standard InChI is InChI=1S/C15H22N4O3/c1-4-19(15(22)10(2)16)9-14(21)18-13-7-5-12(6-8-13)17-11(3)20/h5-8,10H,4,9,16H2,1-3H3,(H,17,20)(H,18,21). The molecule has 0 aromatic heterocycles. The van der Waals surface area contributed by atoms with E-state index in [0.717, 1.165) is 0 Å². The monoisotopic (exact) mass is 306 g/mol. The molecule has 4 N–H and O–H groups in total. The van der Waals surface area contributed by atoms with Gasteiger partial charge in [-0.1, -0.05) is 0 Å². The quantitative estimate of drug-likeness (QED) is 0.722. The van der Waals surface area contributed by atoms with E-state index in [1.54, 1.807) is 38.1 Å². The molecule has 7 nitrogen and oxygen atoms in total. The van der Waals surface area contributed by atoms with Crippen molar-refractivity contribution in [1.82, 2.24) is 4.90 Å².